The number of hydrogen-bond acceptors (Lipinski definition) is 1. The van der Waals surface area contributed by atoms with Gasteiger partial charge in [0.2, 0.25) is 0 Å². The molecule has 1 atom stereocenters. The number of methoxy groups -OCH3 is 1. The quantitative estimate of drug-likeness (QED) is 0.191. The summed E-state index contributed by atoms with van der Waals surface area (Å²) in [6, 6.07) is 33.1. The number of ether oxygens (including phenoxy) is 1. The fourth-order valence-corrected chi connectivity index (χ4v) is 6.42. The third kappa shape index (κ3) is 7.07. The molecule has 6 rings (SSSR count). The topological polar surface area (TPSA) is 9.23 Å². The molecule has 5 heteroatoms. The van der Waals surface area contributed by atoms with E-state index in [4.69, 9.17) is 4.74 Å². The fraction of sp³-hybridized carbons (Fsp3) is 0.256. The van der Waals surface area contributed by atoms with Gasteiger partial charge < -0.3 is 29.6 Å². The summed E-state index contributed by atoms with van der Waals surface area (Å²) in [7, 11) is 2.90. The van der Waals surface area contributed by atoms with Crippen LogP contribution in [0.3, 0.4) is 0 Å². The number of rotatable bonds is 4. The molecule has 1 aliphatic carbocycles. The van der Waals surface area contributed by atoms with Crippen LogP contribution in [0.25, 0.3) is 39.1 Å². The van der Waals surface area contributed by atoms with E-state index < -0.39 is 0 Å². The Balaban J connectivity index is 0.00000108. The molecule has 5 aromatic rings. The molecule has 0 spiro atoms. The first-order valence-electron chi connectivity index (χ1n) is 14.5. The van der Waals surface area contributed by atoms with Crippen molar-refractivity contribution >= 4 is 26.4 Å². The average molecular weight is 716 g/mol. The first-order chi connectivity index (χ1) is 19.7. The summed E-state index contributed by atoms with van der Waals surface area (Å²) in [6.45, 7) is 15.7. The number of hydrogen-bond donors (Lipinski definition) is 0. The molecule has 225 valence electrons. The molecule has 44 heavy (non-hydrogen) atoms. The van der Waals surface area contributed by atoms with Crippen LogP contribution in [-0.4, -0.2) is 16.6 Å². The second-order valence-electron chi connectivity index (χ2n) is 12.1. The van der Waals surface area contributed by atoms with Gasteiger partial charge in [-0.25, -0.2) is 0 Å². The van der Waals surface area contributed by atoms with Gasteiger partial charge >= 0.3 is 26.2 Å². The minimum atomic E-state index is -0.0662. The zero-order valence-electron chi connectivity index (χ0n) is 27.0. The van der Waals surface area contributed by atoms with Crippen LogP contribution < -0.4 is 29.6 Å². The molecule has 0 aliphatic heterocycles. The van der Waals surface area contributed by atoms with E-state index in [1.54, 1.807) is 0 Å². The van der Waals surface area contributed by atoms with Crippen molar-refractivity contribution in [1.82, 2.24) is 0 Å². The Labute approximate surface area is 298 Å². The Morgan fingerprint density at radius 1 is 0.795 bits per heavy atom. The Kier molecular flexibility index (Phi) is 13.6. The molecule has 1 aliphatic rings. The fourth-order valence-electron chi connectivity index (χ4n) is 6.42. The van der Waals surface area contributed by atoms with Crippen LogP contribution in [0.1, 0.15) is 61.4 Å². The standard InChI is InChI=1S/C37H35O.C2H6Si.2ClH.Zr/c1-23-20-27-18-13-19-28(25-14-9-7-10-15-25)34(27)33(23)32-24(2)21-29-30(32)22-31(37(3,4)5)36(38-6)35(29)26-16-11-8-12-17-26;1-3-2;;;/h7-22,32H,1-6H3;1-2H3;2*1H;/q-1;;;;+3/p-2. The van der Waals surface area contributed by atoms with Crippen molar-refractivity contribution in [2.24, 2.45) is 0 Å². The van der Waals surface area contributed by atoms with E-state index in [0.717, 1.165) is 15.3 Å². The first-order valence-corrected chi connectivity index (χ1v) is 16.5. The summed E-state index contributed by atoms with van der Waals surface area (Å²) in [4.78, 5) is 0. The summed E-state index contributed by atoms with van der Waals surface area (Å²) >= 11 is 0. The molecule has 3 radical (unpaired) electrons. The van der Waals surface area contributed by atoms with Gasteiger partial charge in [0.05, 0.1) is 7.11 Å². The van der Waals surface area contributed by atoms with Gasteiger partial charge in [-0.1, -0.05) is 131 Å². The zero-order chi connectivity index (χ0) is 29.3. The molecule has 0 heterocycles. The maximum Gasteiger partial charge on any atom is 3.00 e. The Bertz CT molecular complexity index is 1720. The molecule has 0 N–H and O–H groups in total. The molecule has 0 fully saturated rings. The van der Waals surface area contributed by atoms with Crippen molar-refractivity contribution in [3.8, 4) is 28.0 Å². The van der Waals surface area contributed by atoms with E-state index >= 15 is 0 Å². The van der Waals surface area contributed by atoms with Crippen LogP contribution in [-0.2, 0) is 31.6 Å². The maximum absolute atomic E-state index is 6.19. The van der Waals surface area contributed by atoms with E-state index in [0.29, 0.717) is 0 Å². The second kappa shape index (κ2) is 15.8. The predicted molar refractivity (Wildman–Crippen MR) is 180 cm³/mol. The first kappa shape index (κ1) is 37.9. The van der Waals surface area contributed by atoms with Gasteiger partial charge in [0, 0.05) is 20.6 Å². The van der Waals surface area contributed by atoms with Crippen LogP contribution >= 0.6 is 0 Å². The number of halogens is 2. The van der Waals surface area contributed by atoms with Crippen molar-refractivity contribution in [1.29, 1.82) is 0 Å². The van der Waals surface area contributed by atoms with Gasteiger partial charge in [-0.05, 0) is 40.5 Å². The monoisotopic (exact) mass is 713 g/mol. The summed E-state index contributed by atoms with van der Waals surface area (Å²) in [5, 5.41) is 2.68. The van der Waals surface area contributed by atoms with Crippen molar-refractivity contribution in [3.05, 3.63) is 124 Å². The second-order valence-corrected chi connectivity index (χ2v) is 13.1. The van der Waals surface area contributed by atoms with Gasteiger partial charge in [-0.2, -0.15) is 0 Å². The number of benzene rings is 4. The number of fused-ring (bicyclic) bond motifs is 2. The van der Waals surface area contributed by atoms with E-state index in [1.165, 1.54) is 66.4 Å². The largest absolute Gasteiger partial charge is 3.00 e. The molecule has 0 saturated heterocycles. The summed E-state index contributed by atoms with van der Waals surface area (Å²) in [6.07, 6.45) is 2.40. The summed E-state index contributed by atoms with van der Waals surface area (Å²) in [5.41, 5.74) is 13.0. The van der Waals surface area contributed by atoms with Crippen molar-refractivity contribution in [2.45, 2.75) is 59.0 Å². The van der Waals surface area contributed by atoms with Gasteiger partial charge in [-0.15, -0.1) is 40.1 Å². The van der Waals surface area contributed by atoms with E-state index in [2.05, 4.69) is 145 Å². The van der Waals surface area contributed by atoms with Crippen molar-refractivity contribution in [3.63, 3.8) is 0 Å². The van der Waals surface area contributed by atoms with E-state index in [1.807, 2.05) is 7.11 Å². The molecule has 0 bridgehead atoms. The molecule has 5 aromatic carbocycles. The van der Waals surface area contributed by atoms with Gasteiger partial charge in [-0.3, -0.25) is 0 Å². The van der Waals surface area contributed by atoms with Crippen LogP contribution in [0.15, 0.2) is 96.6 Å². The van der Waals surface area contributed by atoms with Gasteiger partial charge in [0.25, 0.3) is 0 Å². The Morgan fingerprint density at radius 3 is 1.91 bits per heavy atom. The zero-order valence-corrected chi connectivity index (χ0v) is 31.9. The number of aryl methyl sites for hydroxylation is 1. The number of allylic oxidation sites excluding steroid dienone is 1. The third-order valence-corrected chi connectivity index (χ3v) is 8.10. The molecule has 1 unspecified atom stereocenters. The van der Waals surface area contributed by atoms with Gasteiger partial charge in [0.15, 0.2) is 0 Å². The Hall–Kier alpha value is -2.29. The summed E-state index contributed by atoms with van der Waals surface area (Å²) in [5.74, 6) is 1.18. The van der Waals surface area contributed by atoms with Crippen LogP contribution in [0.2, 0.25) is 13.1 Å². The minimum Gasteiger partial charge on any atom is -1.00 e. The van der Waals surface area contributed by atoms with E-state index in [-0.39, 0.29) is 62.4 Å². The van der Waals surface area contributed by atoms with Crippen LogP contribution in [0.4, 0.5) is 0 Å². The molecule has 0 saturated carbocycles. The Morgan fingerprint density at radius 2 is 1.36 bits per heavy atom. The van der Waals surface area contributed by atoms with Crippen molar-refractivity contribution < 1.29 is 55.8 Å². The average Bonchev–Trinajstić information content (AvgIpc) is 3.46. The van der Waals surface area contributed by atoms with Crippen LogP contribution in [0.5, 0.6) is 5.75 Å². The van der Waals surface area contributed by atoms with E-state index in [9.17, 15) is 0 Å². The smallest absolute Gasteiger partial charge is 1.00 e. The SMILES string of the molecule is COc1c(C(C)(C)C)cc2c(c1-c1ccccc1)C=C(C)C2c1c(C)[cH-]c2cccc(-c3ccccc3)c12.C[Si]C.[Cl-].[Cl-].[Zr+3]. The van der Waals surface area contributed by atoms with Crippen LogP contribution in [0, 0.1) is 6.92 Å². The maximum atomic E-state index is 6.19. The molecule has 0 amide bonds. The van der Waals surface area contributed by atoms with Crippen molar-refractivity contribution in [2.75, 3.05) is 7.11 Å². The third-order valence-electron chi connectivity index (χ3n) is 8.10. The minimum absolute atomic E-state index is 0. The predicted octanol–water partition coefficient (Wildman–Crippen LogP) is 4.85. The van der Waals surface area contributed by atoms with Gasteiger partial charge in [0.1, 0.15) is 5.75 Å². The summed E-state index contributed by atoms with van der Waals surface area (Å²) < 4.78 is 6.19. The molecular formula is C39H41Cl2OSiZr. The normalized spacial score (nSPS) is 13.4. The molecular weight excluding hydrogens is 675 g/mol. The molecule has 0 aromatic heterocycles. The molecule has 1 nitrogen and oxygen atoms in total.